The maximum atomic E-state index is 11.8. The summed E-state index contributed by atoms with van der Waals surface area (Å²) in [5, 5.41) is 9.77. The number of benzene rings is 1. The molecular weight excluding hydrogens is 347 g/mol. The number of halogens is 1. The standard InChI is InChI=1S/C13H13IO4/c1-8-4-6-9(7-5-8)14-10-11(15)17-13(2,3)18-12(10)16/h4-7H,1-3H3/p+1. The molecule has 1 aliphatic heterocycles. The molecule has 0 spiro atoms. The summed E-state index contributed by atoms with van der Waals surface area (Å²) in [5.74, 6) is -1.89. The van der Waals surface area contributed by atoms with Crippen LogP contribution in [0.1, 0.15) is 19.4 Å². The zero-order chi connectivity index (χ0) is 13.3. The fourth-order valence-electron chi connectivity index (χ4n) is 1.44. The number of carbonyl (C=O) groups excluding carboxylic acids is 1. The van der Waals surface area contributed by atoms with Crippen LogP contribution in [-0.4, -0.2) is 16.9 Å². The highest BCUT2D eigenvalue weighted by molar-refractivity contribution is 5.86. The molecule has 1 N–H and O–H groups in total. The Labute approximate surface area is 116 Å². The Balaban J connectivity index is 2.23. The minimum Gasteiger partial charge on any atom is -0.477 e. The first-order valence-corrected chi connectivity index (χ1v) is 7.60. The second-order valence-electron chi connectivity index (χ2n) is 4.40. The van der Waals surface area contributed by atoms with Crippen LogP contribution in [-0.2, 0) is 14.3 Å². The lowest BCUT2D eigenvalue weighted by molar-refractivity contribution is -0.578. The van der Waals surface area contributed by atoms with E-state index in [-0.39, 0.29) is 9.53 Å². The molecule has 0 aromatic heterocycles. The van der Waals surface area contributed by atoms with E-state index in [0.717, 1.165) is 9.13 Å². The Morgan fingerprint density at radius 2 is 1.78 bits per heavy atom. The van der Waals surface area contributed by atoms with Crippen molar-refractivity contribution in [1.82, 2.24) is 0 Å². The van der Waals surface area contributed by atoms with Gasteiger partial charge in [0, 0.05) is 13.8 Å². The molecule has 1 heterocycles. The molecule has 0 unspecified atom stereocenters. The lowest BCUT2D eigenvalue weighted by Crippen LogP contribution is -3.61. The van der Waals surface area contributed by atoms with Gasteiger partial charge in [-0.3, -0.25) is 0 Å². The van der Waals surface area contributed by atoms with Crippen molar-refractivity contribution in [3.05, 3.63) is 42.9 Å². The summed E-state index contributed by atoms with van der Waals surface area (Å²) in [5.41, 5.74) is 1.16. The summed E-state index contributed by atoms with van der Waals surface area (Å²) in [6.07, 6.45) is 0. The molecule has 5 heteroatoms. The predicted octanol–water partition coefficient (Wildman–Crippen LogP) is -0.710. The van der Waals surface area contributed by atoms with Crippen LogP contribution < -0.4 is 21.2 Å². The SMILES string of the molecule is Cc1ccc([I+]C2=C(O)OC(C)(C)OC2=O)cc1. The third-order valence-electron chi connectivity index (χ3n) is 2.26. The van der Waals surface area contributed by atoms with Crippen molar-refractivity contribution < 1.29 is 40.6 Å². The van der Waals surface area contributed by atoms with Gasteiger partial charge in [-0.05, 0) is 19.1 Å². The Hall–Kier alpha value is -1.24. The van der Waals surface area contributed by atoms with E-state index in [9.17, 15) is 9.90 Å². The fraction of sp³-hybridized carbons (Fsp3) is 0.308. The van der Waals surface area contributed by atoms with Gasteiger partial charge in [0.1, 0.15) is 0 Å². The second kappa shape index (κ2) is 4.79. The summed E-state index contributed by atoms with van der Waals surface area (Å²) in [7, 11) is 0. The molecular formula is C13H14IO4+. The molecule has 0 saturated carbocycles. The molecule has 1 aliphatic rings. The number of aryl methyl sites for hydroxylation is 1. The Morgan fingerprint density at radius 3 is 2.33 bits per heavy atom. The highest BCUT2D eigenvalue weighted by Crippen LogP contribution is 2.21. The van der Waals surface area contributed by atoms with Gasteiger partial charge in [-0.25, -0.2) is 4.79 Å². The molecule has 1 aromatic rings. The van der Waals surface area contributed by atoms with Crippen LogP contribution in [0.3, 0.4) is 0 Å². The third kappa shape index (κ3) is 2.95. The van der Waals surface area contributed by atoms with Crippen molar-refractivity contribution in [3.8, 4) is 0 Å². The number of cyclic esters (lactones) is 1. The van der Waals surface area contributed by atoms with Gasteiger partial charge in [-0.2, -0.15) is 0 Å². The minimum atomic E-state index is -1.10. The van der Waals surface area contributed by atoms with E-state index in [4.69, 9.17) is 9.47 Å². The monoisotopic (exact) mass is 361 g/mol. The Morgan fingerprint density at radius 1 is 1.17 bits per heavy atom. The second-order valence-corrected chi connectivity index (χ2v) is 7.26. The average molecular weight is 361 g/mol. The first kappa shape index (κ1) is 13.2. The van der Waals surface area contributed by atoms with Crippen molar-refractivity contribution in [3.63, 3.8) is 0 Å². The molecule has 96 valence electrons. The lowest BCUT2D eigenvalue weighted by Gasteiger charge is -2.27. The van der Waals surface area contributed by atoms with E-state index in [1.807, 2.05) is 31.2 Å². The minimum absolute atomic E-state index is 0.261. The number of ether oxygens (including phenoxy) is 2. The molecule has 0 radical (unpaired) electrons. The van der Waals surface area contributed by atoms with E-state index in [0.29, 0.717) is 0 Å². The molecule has 0 atom stereocenters. The van der Waals surface area contributed by atoms with Gasteiger partial charge >= 0.3 is 36.7 Å². The molecule has 0 saturated heterocycles. The zero-order valence-electron chi connectivity index (χ0n) is 10.4. The summed E-state index contributed by atoms with van der Waals surface area (Å²) in [6, 6.07) is 7.86. The normalized spacial score (nSPS) is 18.3. The molecule has 0 amide bonds. The molecule has 0 aliphatic carbocycles. The van der Waals surface area contributed by atoms with Gasteiger partial charge in [-0.1, -0.05) is 17.7 Å². The third-order valence-corrected chi connectivity index (χ3v) is 5.05. The number of aliphatic hydroxyl groups is 1. The maximum Gasteiger partial charge on any atom is 0.396 e. The van der Waals surface area contributed by atoms with E-state index < -0.39 is 33.0 Å². The molecule has 4 nitrogen and oxygen atoms in total. The summed E-state index contributed by atoms with van der Waals surface area (Å²) >= 11 is -0.800. The van der Waals surface area contributed by atoms with E-state index in [2.05, 4.69) is 0 Å². The van der Waals surface area contributed by atoms with Crippen LogP contribution >= 0.6 is 0 Å². The molecule has 0 bridgehead atoms. The van der Waals surface area contributed by atoms with Crippen molar-refractivity contribution in [2.75, 3.05) is 0 Å². The van der Waals surface area contributed by atoms with Crippen LogP contribution in [0.4, 0.5) is 0 Å². The average Bonchev–Trinajstić information content (AvgIpc) is 2.24. The smallest absolute Gasteiger partial charge is 0.396 e. The maximum absolute atomic E-state index is 11.8. The van der Waals surface area contributed by atoms with Crippen molar-refractivity contribution in [2.45, 2.75) is 26.6 Å². The predicted molar refractivity (Wildman–Crippen MR) is 60.8 cm³/mol. The first-order chi connectivity index (χ1) is 8.37. The molecule has 0 fully saturated rings. The van der Waals surface area contributed by atoms with Gasteiger partial charge in [-0.15, -0.1) is 0 Å². The van der Waals surface area contributed by atoms with E-state index in [1.165, 1.54) is 0 Å². The first-order valence-electron chi connectivity index (χ1n) is 5.44. The van der Waals surface area contributed by atoms with Crippen LogP contribution in [0.2, 0.25) is 0 Å². The highest BCUT2D eigenvalue weighted by atomic mass is 127. The van der Waals surface area contributed by atoms with Crippen LogP contribution in [0.5, 0.6) is 0 Å². The van der Waals surface area contributed by atoms with Gasteiger partial charge in [0.25, 0.3) is 5.79 Å². The van der Waals surface area contributed by atoms with E-state index >= 15 is 0 Å². The lowest BCUT2D eigenvalue weighted by atomic mass is 10.2. The number of carbonyl (C=O) groups is 1. The van der Waals surface area contributed by atoms with Gasteiger partial charge in [0.15, 0.2) is 3.57 Å². The van der Waals surface area contributed by atoms with Crippen molar-refractivity contribution >= 4 is 5.97 Å². The quantitative estimate of drug-likeness (QED) is 0.559. The molecule has 2 rings (SSSR count). The van der Waals surface area contributed by atoms with Gasteiger partial charge < -0.3 is 14.6 Å². The topological polar surface area (TPSA) is 55.8 Å². The van der Waals surface area contributed by atoms with Crippen molar-refractivity contribution in [1.29, 1.82) is 0 Å². The van der Waals surface area contributed by atoms with Crippen molar-refractivity contribution in [2.24, 2.45) is 0 Å². The number of hydrogen-bond acceptors (Lipinski definition) is 4. The molecule has 18 heavy (non-hydrogen) atoms. The summed E-state index contributed by atoms with van der Waals surface area (Å²) in [4.78, 5) is 11.8. The van der Waals surface area contributed by atoms with E-state index in [1.54, 1.807) is 13.8 Å². The molecule has 1 aromatic carbocycles. The summed E-state index contributed by atoms with van der Waals surface area (Å²) in [6.45, 7) is 5.17. The largest absolute Gasteiger partial charge is 0.477 e. The highest BCUT2D eigenvalue weighted by Gasteiger charge is 2.44. The number of esters is 1. The Kier molecular flexibility index (Phi) is 3.52. The number of rotatable bonds is 2. The van der Waals surface area contributed by atoms with Crippen LogP contribution in [0.15, 0.2) is 33.8 Å². The number of aliphatic hydroxyl groups excluding tert-OH is 1. The zero-order valence-corrected chi connectivity index (χ0v) is 12.5. The fourth-order valence-corrected chi connectivity index (χ4v) is 3.45. The van der Waals surface area contributed by atoms with Gasteiger partial charge in [0.2, 0.25) is 0 Å². The van der Waals surface area contributed by atoms with Crippen LogP contribution in [0.25, 0.3) is 0 Å². The summed E-state index contributed by atoms with van der Waals surface area (Å²) < 4.78 is 11.6. The Bertz CT molecular complexity index is 502. The van der Waals surface area contributed by atoms with Crippen LogP contribution in [0, 0.1) is 10.5 Å². The van der Waals surface area contributed by atoms with Gasteiger partial charge in [0.05, 0.1) is 0 Å². The number of hydrogen-bond donors (Lipinski definition) is 1.